The monoisotopic (exact) mass is 261 g/mol. The fraction of sp³-hybridized carbons (Fsp3) is 0.615. The Morgan fingerprint density at radius 1 is 1.26 bits per heavy atom. The second kappa shape index (κ2) is 5.52. The third-order valence-corrected chi connectivity index (χ3v) is 3.63. The van der Waals surface area contributed by atoms with E-state index in [4.69, 9.17) is 0 Å². The summed E-state index contributed by atoms with van der Waals surface area (Å²) in [7, 11) is 0. The van der Waals surface area contributed by atoms with E-state index in [-0.39, 0.29) is 5.91 Å². The lowest BCUT2D eigenvalue weighted by atomic mass is 10.3. The Hall–Kier alpha value is -1.69. The average Bonchev–Trinajstić information content (AvgIpc) is 3.30. The van der Waals surface area contributed by atoms with Gasteiger partial charge in [-0.25, -0.2) is 4.98 Å². The molecule has 3 rings (SSSR count). The summed E-state index contributed by atoms with van der Waals surface area (Å²) in [6.45, 7) is 3.67. The van der Waals surface area contributed by atoms with Crippen LogP contribution in [0.3, 0.4) is 0 Å². The molecular weight excluding hydrogens is 242 g/mol. The number of anilines is 1. The van der Waals surface area contributed by atoms with Crippen LogP contribution in [0.4, 0.5) is 5.82 Å². The second-order valence-electron chi connectivity index (χ2n) is 5.09. The molecule has 0 bridgehead atoms. The lowest BCUT2D eigenvalue weighted by Gasteiger charge is -2.35. The van der Waals surface area contributed by atoms with Crippen LogP contribution in [0.1, 0.15) is 12.8 Å². The van der Waals surface area contributed by atoms with Gasteiger partial charge in [0.25, 0.3) is 0 Å². The highest BCUT2D eigenvalue weighted by molar-refractivity contribution is 5.78. The van der Waals surface area contributed by atoms with Crippen LogP contribution in [-0.2, 0) is 4.79 Å². The Labute approximate surface area is 112 Å². The van der Waals surface area contributed by atoms with Gasteiger partial charge in [-0.15, -0.1) is 0 Å². The minimum atomic E-state index is 0.214. The van der Waals surface area contributed by atoms with Gasteiger partial charge in [0.15, 0.2) is 0 Å². The zero-order valence-corrected chi connectivity index (χ0v) is 11.0. The number of hydrogen-bond acceptors (Lipinski definition) is 5. The van der Waals surface area contributed by atoms with Crippen molar-refractivity contribution in [1.82, 2.24) is 20.2 Å². The smallest absolute Gasteiger partial charge is 0.236 e. The largest absolute Gasteiger partial charge is 0.352 e. The van der Waals surface area contributed by atoms with Crippen LogP contribution in [0, 0.1) is 0 Å². The van der Waals surface area contributed by atoms with Crippen molar-refractivity contribution in [3.8, 4) is 0 Å². The number of nitrogens with one attached hydrogen (secondary N) is 1. The lowest BCUT2D eigenvalue weighted by molar-refractivity contribution is -0.130. The first-order valence-electron chi connectivity index (χ1n) is 6.85. The van der Waals surface area contributed by atoms with Crippen LogP contribution in [0.5, 0.6) is 0 Å². The molecule has 1 aromatic rings. The van der Waals surface area contributed by atoms with E-state index in [2.05, 4.69) is 20.2 Å². The molecule has 0 unspecified atom stereocenters. The first-order chi connectivity index (χ1) is 9.33. The second-order valence-corrected chi connectivity index (χ2v) is 5.09. The van der Waals surface area contributed by atoms with Crippen LogP contribution in [0.15, 0.2) is 18.6 Å². The minimum Gasteiger partial charge on any atom is -0.352 e. The summed E-state index contributed by atoms with van der Waals surface area (Å²) < 4.78 is 0. The topological polar surface area (TPSA) is 61.4 Å². The predicted molar refractivity (Wildman–Crippen MR) is 71.8 cm³/mol. The number of carbonyl (C=O) groups is 1. The highest BCUT2D eigenvalue weighted by atomic mass is 16.2. The molecule has 1 aliphatic heterocycles. The maximum atomic E-state index is 12.0. The molecule has 0 radical (unpaired) electrons. The number of amides is 1. The Morgan fingerprint density at radius 2 is 2.05 bits per heavy atom. The van der Waals surface area contributed by atoms with Crippen molar-refractivity contribution in [1.29, 1.82) is 0 Å². The van der Waals surface area contributed by atoms with Gasteiger partial charge in [-0.05, 0) is 12.8 Å². The maximum absolute atomic E-state index is 12.0. The summed E-state index contributed by atoms with van der Waals surface area (Å²) >= 11 is 0. The Bertz CT molecular complexity index is 426. The minimum absolute atomic E-state index is 0.214. The van der Waals surface area contributed by atoms with Crippen LogP contribution in [0.2, 0.25) is 0 Å². The molecule has 0 spiro atoms. The van der Waals surface area contributed by atoms with Crippen LogP contribution < -0.4 is 10.2 Å². The molecule has 1 saturated heterocycles. The van der Waals surface area contributed by atoms with Crippen molar-refractivity contribution >= 4 is 11.7 Å². The predicted octanol–water partition coefficient (Wildman–Crippen LogP) is -0.123. The molecule has 1 aromatic heterocycles. The average molecular weight is 261 g/mol. The first-order valence-corrected chi connectivity index (χ1v) is 6.85. The molecule has 1 amide bonds. The fourth-order valence-electron chi connectivity index (χ4n) is 2.27. The number of piperazine rings is 1. The highest BCUT2D eigenvalue weighted by Gasteiger charge is 2.25. The van der Waals surface area contributed by atoms with Crippen LogP contribution >= 0.6 is 0 Å². The summed E-state index contributed by atoms with van der Waals surface area (Å²) in [4.78, 5) is 24.5. The SMILES string of the molecule is O=C(CNC1CC1)N1CCN(c2cnccn2)CC1. The van der Waals surface area contributed by atoms with Crippen molar-refractivity contribution < 1.29 is 4.79 Å². The molecule has 6 nitrogen and oxygen atoms in total. The highest BCUT2D eigenvalue weighted by Crippen LogP contribution is 2.18. The van der Waals surface area contributed by atoms with Crippen molar-refractivity contribution in [2.45, 2.75) is 18.9 Å². The van der Waals surface area contributed by atoms with Gasteiger partial charge in [0.1, 0.15) is 5.82 Å². The molecule has 19 heavy (non-hydrogen) atoms. The standard InChI is InChI=1S/C13H19N5O/c19-13(10-16-11-1-2-11)18-7-5-17(6-8-18)12-9-14-3-4-15-12/h3-4,9,11,16H,1-2,5-8,10H2. The summed E-state index contributed by atoms with van der Waals surface area (Å²) in [6.07, 6.45) is 7.58. The van der Waals surface area contributed by atoms with E-state index in [1.165, 1.54) is 12.8 Å². The maximum Gasteiger partial charge on any atom is 0.236 e. The summed E-state index contributed by atoms with van der Waals surface area (Å²) in [5.41, 5.74) is 0. The van der Waals surface area contributed by atoms with E-state index < -0.39 is 0 Å². The third kappa shape index (κ3) is 3.20. The molecule has 0 aromatic carbocycles. The molecule has 102 valence electrons. The number of rotatable bonds is 4. The molecular formula is C13H19N5O. The summed E-state index contributed by atoms with van der Waals surface area (Å²) in [6, 6.07) is 0.588. The molecule has 6 heteroatoms. The molecule has 2 heterocycles. The summed E-state index contributed by atoms with van der Waals surface area (Å²) in [5.74, 6) is 1.11. The molecule has 2 fully saturated rings. The van der Waals surface area contributed by atoms with Crippen LogP contribution in [-0.4, -0.2) is 59.5 Å². The van der Waals surface area contributed by atoms with E-state index in [1.807, 2.05) is 4.90 Å². The normalized spacial score (nSPS) is 19.6. The Kier molecular flexibility index (Phi) is 3.59. The van der Waals surface area contributed by atoms with Gasteiger partial charge in [0.05, 0.1) is 12.7 Å². The lowest BCUT2D eigenvalue weighted by Crippen LogP contribution is -2.51. The first kappa shape index (κ1) is 12.3. The van der Waals surface area contributed by atoms with Crippen LogP contribution in [0.25, 0.3) is 0 Å². The fourth-order valence-corrected chi connectivity index (χ4v) is 2.27. The molecule has 1 aliphatic carbocycles. The summed E-state index contributed by atoms with van der Waals surface area (Å²) in [5, 5.41) is 3.27. The Balaban J connectivity index is 1.47. The van der Waals surface area contributed by atoms with E-state index in [0.717, 1.165) is 32.0 Å². The van der Waals surface area contributed by atoms with Gasteiger partial charge in [-0.3, -0.25) is 9.78 Å². The molecule has 0 atom stereocenters. The van der Waals surface area contributed by atoms with Gasteiger partial charge in [0, 0.05) is 44.6 Å². The van der Waals surface area contributed by atoms with E-state index >= 15 is 0 Å². The zero-order valence-electron chi connectivity index (χ0n) is 11.0. The van der Waals surface area contributed by atoms with Gasteiger partial charge in [-0.1, -0.05) is 0 Å². The van der Waals surface area contributed by atoms with E-state index in [9.17, 15) is 4.79 Å². The molecule has 1 saturated carbocycles. The van der Waals surface area contributed by atoms with Crippen molar-refractivity contribution in [2.24, 2.45) is 0 Å². The van der Waals surface area contributed by atoms with Gasteiger partial charge >= 0.3 is 0 Å². The number of hydrogen-bond donors (Lipinski definition) is 1. The van der Waals surface area contributed by atoms with Crippen molar-refractivity contribution in [2.75, 3.05) is 37.6 Å². The van der Waals surface area contributed by atoms with Crippen molar-refractivity contribution in [3.63, 3.8) is 0 Å². The Morgan fingerprint density at radius 3 is 2.68 bits per heavy atom. The number of carbonyl (C=O) groups excluding carboxylic acids is 1. The van der Waals surface area contributed by atoms with Gasteiger partial charge in [0.2, 0.25) is 5.91 Å². The number of nitrogens with zero attached hydrogens (tertiary/aromatic N) is 4. The van der Waals surface area contributed by atoms with Gasteiger partial charge < -0.3 is 15.1 Å². The third-order valence-electron chi connectivity index (χ3n) is 3.63. The molecule has 1 N–H and O–H groups in total. The number of aromatic nitrogens is 2. The molecule has 2 aliphatic rings. The quantitative estimate of drug-likeness (QED) is 0.818. The van der Waals surface area contributed by atoms with Crippen molar-refractivity contribution in [3.05, 3.63) is 18.6 Å². The van der Waals surface area contributed by atoms with E-state index in [0.29, 0.717) is 12.6 Å². The van der Waals surface area contributed by atoms with E-state index in [1.54, 1.807) is 18.6 Å². The van der Waals surface area contributed by atoms with Gasteiger partial charge in [-0.2, -0.15) is 0 Å². The zero-order chi connectivity index (χ0) is 13.1.